The summed E-state index contributed by atoms with van der Waals surface area (Å²) in [4.78, 5) is 13.8. The van der Waals surface area contributed by atoms with Crippen LogP contribution in [0.25, 0.3) is 0 Å². The van der Waals surface area contributed by atoms with E-state index in [2.05, 4.69) is 4.90 Å². The molecule has 1 aromatic carbocycles. The highest BCUT2D eigenvalue weighted by molar-refractivity contribution is 6.30. The van der Waals surface area contributed by atoms with Crippen molar-refractivity contribution in [3.8, 4) is 0 Å². The summed E-state index contributed by atoms with van der Waals surface area (Å²) in [5.74, 6) is -0.172. The Labute approximate surface area is 119 Å². The third kappa shape index (κ3) is 4.22. The first-order chi connectivity index (χ1) is 9.19. The average Bonchev–Trinajstić information content (AvgIpc) is 2.91. The van der Waals surface area contributed by atoms with Crippen LogP contribution < -0.4 is 0 Å². The lowest BCUT2D eigenvalue weighted by atomic mass is 10.1. The molecule has 0 bridgehead atoms. The van der Waals surface area contributed by atoms with Crippen LogP contribution in [0.3, 0.4) is 0 Å². The van der Waals surface area contributed by atoms with Gasteiger partial charge in [0.15, 0.2) is 0 Å². The number of ether oxygens (including phenoxy) is 1. The summed E-state index contributed by atoms with van der Waals surface area (Å²) in [6.45, 7) is 1.11. The molecule has 0 atom stereocenters. The van der Waals surface area contributed by atoms with E-state index in [9.17, 15) is 4.79 Å². The van der Waals surface area contributed by atoms with E-state index in [1.165, 1.54) is 20.0 Å². The molecule has 2 rings (SSSR count). The molecule has 0 N–H and O–H groups in total. The van der Waals surface area contributed by atoms with Crippen LogP contribution in [0.2, 0.25) is 5.02 Å². The maximum absolute atomic E-state index is 11.5. The molecule has 0 saturated heterocycles. The van der Waals surface area contributed by atoms with E-state index in [1.807, 2.05) is 24.3 Å². The van der Waals surface area contributed by atoms with Crippen molar-refractivity contribution >= 4 is 17.6 Å². The maximum Gasteiger partial charge on any atom is 0.319 e. The molecule has 3 nitrogen and oxygen atoms in total. The fraction of sp³-hybridized carbons (Fsp3) is 0.533. The van der Waals surface area contributed by atoms with Crippen molar-refractivity contribution in [1.29, 1.82) is 0 Å². The molecular weight excluding hydrogens is 262 g/mol. The van der Waals surface area contributed by atoms with Gasteiger partial charge in [0.25, 0.3) is 0 Å². The second-order valence-corrected chi connectivity index (χ2v) is 5.49. The van der Waals surface area contributed by atoms with Crippen LogP contribution in [0.4, 0.5) is 0 Å². The average molecular weight is 282 g/mol. The van der Waals surface area contributed by atoms with E-state index in [4.69, 9.17) is 16.3 Å². The van der Waals surface area contributed by atoms with Gasteiger partial charge in [-0.15, -0.1) is 0 Å². The number of carbonyl (C=O) groups excluding carboxylic acids is 1. The summed E-state index contributed by atoms with van der Waals surface area (Å²) in [5, 5.41) is 0.738. The van der Waals surface area contributed by atoms with Gasteiger partial charge in [0.2, 0.25) is 0 Å². The van der Waals surface area contributed by atoms with Crippen molar-refractivity contribution in [2.24, 2.45) is 0 Å². The summed E-state index contributed by atoms with van der Waals surface area (Å²) >= 11 is 6.01. The Kier molecular flexibility index (Phi) is 5.23. The van der Waals surface area contributed by atoms with Gasteiger partial charge in [0, 0.05) is 17.6 Å². The molecule has 0 aromatic heterocycles. The van der Waals surface area contributed by atoms with Crippen LogP contribution in [-0.4, -0.2) is 30.6 Å². The van der Waals surface area contributed by atoms with Crippen molar-refractivity contribution in [2.45, 2.75) is 38.3 Å². The minimum Gasteiger partial charge on any atom is -0.468 e. The first-order valence-electron chi connectivity index (χ1n) is 6.74. The zero-order chi connectivity index (χ0) is 13.7. The molecule has 1 aromatic rings. The van der Waals surface area contributed by atoms with Crippen LogP contribution >= 0.6 is 11.6 Å². The molecular formula is C15H20ClNO2. The van der Waals surface area contributed by atoms with E-state index < -0.39 is 0 Å². The number of nitrogens with zero attached hydrogens (tertiary/aromatic N) is 1. The number of benzene rings is 1. The number of hydrogen-bond donors (Lipinski definition) is 0. The van der Waals surface area contributed by atoms with Crippen molar-refractivity contribution in [2.75, 3.05) is 13.7 Å². The lowest BCUT2D eigenvalue weighted by molar-refractivity contribution is -0.142. The van der Waals surface area contributed by atoms with Gasteiger partial charge in [-0.1, -0.05) is 36.6 Å². The van der Waals surface area contributed by atoms with Crippen molar-refractivity contribution in [1.82, 2.24) is 4.90 Å². The second kappa shape index (κ2) is 6.92. The van der Waals surface area contributed by atoms with Crippen LogP contribution in [0, 0.1) is 0 Å². The molecule has 0 heterocycles. The molecule has 0 unspecified atom stereocenters. The molecule has 0 aliphatic heterocycles. The smallest absolute Gasteiger partial charge is 0.319 e. The largest absolute Gasteiger partial charge is 0.468 e. The van der Waals surface area contributed by atoms with Crippen LogP contribution in [0.1, 0.15) is 31.2 Å². The predicted molar refractivity (Wildman–Crippen MR) is 76.1 cm³/mol. The van der Waals surface area contributed by atoms with Gasteiger partial charge in [-0.3, -0.25) is 9.69 Å². The number of methoxy groups -OCH3 is 1. The van der Waals surface area contributed by atoms with E-state index >= 15 is 0 Å². The van der Waals surface area contributed by atoms with Crippen LogP contribution in [0.15, 0.2) is 24.3 Å². The molecule has 0 radical (unpaired) electrons. The normalized spacial score (nSPS) is 15.9. The maximum atomic E-state index is 11.5. The zero-order valence-corrected chi connectivity index (χ0v) is 12.0. The lowest BCUT2D eigenvalue weighted by Gasteiger charge is -2.27. The Morgan fingerprint density at radius 1 is 1.42 bits per heavy atom. The number of hydrogen-bond acceptors (Lipinski definition) is 3. The molecule has 0 spiro atoms. The summed E-state index contributed by atoms with van der Waals surface area (Å²) in [7, 11) is 1.44. The van der Waals surface area contributed by atoms with Gasteiger partial charge in [0.05, 0.1) is 13.7 Å². The summed E-state index contributed by atoms with van der Waals surface area (Å²) in [6, 6.07) is 8.30. The third-order valence-corrected chi connectivity index (χ3v) is 3.91. The quantitative estimate of drug-likeness (QED) is 0.776. The lowest BCUT2D eigenvalue weighted by Crippen LogP contribution is -2.37. The zero-order valence-electron chi connectivity index (χ0n) is 11.3. The predicted octanol–water partition coefficient (Wildman–Crippen LogP) is 3.26. The minimum atomic E-state index is -0.172. The molecule has 0 amide bonds. The van der Waals surface area contributed by atoms with E-state index in [-0.39, 0.29) is 5.97 Å². The highest BCUT2D eigenvalue weighted by atomic mass is 35.5. The Bertz CT molecular complexity index is 430. The fourth-order valence-electron chi connectivity index (χ4n) is 2.68. The van der Waals surface area contributed by atoms with Gasteiger partial charge < -0.3 is 4.74 Å². The molecule has 104 valence electrons. The monoisotopic (exact) mass is 281 g/mol. The standard InChI is InChI=1S/C15H20ClNO2/c1-19-15(18)11-17(14-7-2-3-8-14)10-12-5-4-6-13(16)9-12/h4-6,9,14H,2-3,7-8,10-11H2,1H3. The van der Waals surface area contributed by atoms with E-state index in [0.717, 1.165) is 30.0 Å². The fourth-order valence-corrected chi connectivity index (χ4v) is 2.90. The first-order valence-corrected chi connectivity index (χ1v) is 7.12. The summed E-state index contributed by atoms with van der Waals surface area (Å²) in [5.41, 5.74) is 1.14. The van der Waals surface area contributed by atoms with Crippen molar-refractivity contribution in [3.63, 3.8) is 0 Å². The minimum absolute atomic E-state index is 0.172. The first kappa shape index (κ1) is 14.4. The number of halogens is 1. The number of carbonyl (C=O) groups is 1. The highest BCUT2D eigenvalue weighted by Gasteiger charge is 2.24. The summed E-state index contributed by atoms with van der Waals surface area (Å²) in [6.07, 6.45) is 4.82. The van der Waals surface area contributed by atoms with Crippen molar-refractivity contribution in [3.05, 3.63) is 34.9 Å². The second-order valence-electron chi connectivity index (χ2n) is 5.05. The Morgan fingerprint density at radius 3 is 2.79 bits per heavy atom. The Balaban J connectivity index is 2.05. The molecule has 19 heavy (non-hydrogen) atoms. The topological polar surface area (TPSA) is 29.5 Å². The molecule has 1 fully saturated rings. The van der Waals surface area contributed by atoms with Gasteiger partial charge in [-0.25, -0.2) is 0 Å². The van der Waals surface area contributed by atoms with Gasteiger partial charge in [0.1, 0.15) is 0 Å². The number of rotatable bonds is 5. The molecule has 1 saturated carbocycles. The van der Waals surface area contributed by atoms with Crippen LogP contribution in [0.5, 0.6) is 0 Å². The third-order valence-electron chi connectivity index (χ3n) is 3.68. The molecule has 1 aliphatic rings. The van der Waals surface area contributed by atoms with Crippen molar-refractivity contribution < 1.29 is 9.53 Å². The van der Waals surface area contributed by atoms with Gasteiger partial charge in [-0.05, 0) is 30.5 Å². The number of esters is 1. The van der Waals surface area contributed by atoms with Gasteiger partial charge in [-0.2, -0.15) is 0 Å². The van der Waals surface area contributed by atoms with E-state index in [1.54, 1.807) is 0 Å². The SMILES string of the molecule is COC(=O)CN(Cc1cccc(Cl)c1)C1CCCC1. The van der Waals surface area contributed by atoms with E-state index in [0.29, 0.717) is 12.6 Å². The summed E-state index contributed by atoms with van der Waals surface area (Å²) < 4.78 is 4.80. The Morgan fingerprint density at radius 2 is 2.16 bits per heavy atom. The van der Waals surface area contributed by atoms with Crippen LogP contribution in [-0.2, 0) is 16.1 Å². The molecule has 1 aliphatic carbocycles. The highest BCUT2D eigenvalue weighted by Crippen LogP contribution is 2.25. The Hall–Kier alpha value is -1.06. The molecule has 4 heteroatoms. The van der Waals surface area contributed by atoms with Gasteiger partial charge >= 0.3 is 5.97 Å².